The number of rotatable bonds is 1. The molecule has 0 unspecified atom stereocenters. The third kappa shape index (κ3) is 2.90. The van der Waals surface area contributed by atoms with Gasteiger partial charge in [0.05, 0.1) is 17.8 Å². The molecule has 1 aromatic heterocycles. The van der Waals surface area contributed by atoms with Gasteiger partial charge in [0, 0.05) is 18.0 Å². The van der Waals surface area contributed by atoms with Crippen LogP contribution in [0, 0.1) is 0 Å². The van der Waals surface area contributed by atoms with Crippen molar-refractivity contribution >= 4 is 11.6 Å². The molecule has 3 aliphatic heterocycles. The van der Waals surface area contributed by atoms with Crippen LogP contribution < -0.4 is 10.6 Å². The van der Waals surface area contributed by atoms with Crippen molar-refractivity contribution in [3.63, 3.8) is 0 Å². The van der Waals surface area contributed by atoms with Crippen LogP contribution in [0.4, 0.5) is 0 Å². The normalized spacial score (nSPS) is 22.1. The number of nitrogens with zero attached hydrogens (tertiary/aromatic N) is 3. The van der Waals surface area contributed by atoms with E-state index in [0.29, 0.717) is 6.54 Å². The number of benzene rings is 2. The summed E-state index contributed by atoms with van der Waals surface area (Å²) >= 11 is 6.27. The van der Waals surface area contributed by atoms with Gasteiger partial charge in [-0.25, -0.2) is 0 Å². The molecule has 3 aromatic rings. The van der Waals surface area contributed by atoms with Gasteiger partial charge in [0.1, 0.15) is 6.10 Å². The summed E-state index contributed by atoms with van der Waals surface area (Å²) in [6.45, 7) is 3.34. The molecule has 0 aliphatic carbocycles. The lowest BCUT2D eigenvalue weighted by atomic mass is 9.78. The lowest BCUT2D eigenvalue weighted by molar-refractivity contribution is -0.132. The average Bonchev–Trinajstić information content (AvgIpc) is 3.10. The van der Waals surface area contributed by atoms with Crippen LogP contribution in [0.5, 0.6) is 0 Å². The van der Waals surface area contributed by atoms with Crippen molar-refractivity contribution in [3.8, 4) is 5.69 Å². The topological polar surface area (TPSA) is 64.0 Å². The minimum atomic E-state index is -0.261. The first-order chi connectivity index (χ1) is 14.7. The fourth-order valence-corrected chi connectivity index (χ4v) is 5.42. The maximum absolute atomic E-state index is 6.92. The Labute approximate surface area is 180 Å². The van der Waals surface area contributed by atoms with E-state index in [1.165, 1.54) is 11.1 Å². The van der Waals surface area contributed by atoms with Crippen LogP contribution in [0.2, 0.25) is 5.02 Å². The van der Waals surface area contributed by atoms with Crippen molar-refractivity contribution in [2.24, 2.45) is 0 Å². The smallest absolute Gasteiger partial charge is 0.167 e. The minimum absolute atomic E-state index is 0.138. The number of hydrogen-bond donors (Lipinski definition) is 2. The molecule has 6 nitrogen and oxygen atoms in total. The maximum atomic E-state index is 6.92. The molecule has 1 spiro atoms. The first-order valence-corrected chi connectivity index (χ1v) is 11.0. The molecule has 30 heavy (non-hydrogen) atoms. The molecule has 0 radical (unpaired) electrons. The molecule has 1 fully saturated rings. The van der Waals surface area contributed by atoms with Crippen LogP contribution in [0.15, 0.2) is 42.5 Å². The highest BCUT2D eigenvalue weighted by atomic mass is 35.5. The van der Waals surface area contributed by atoms with Crippen molar-refractivity contribution in [1.82, 2.24) is 25.4 Å². The monoisotopic (exact) mass is 421 g/mol. The van der Waals surface area contributed by atoms with Crippen molar-refractivity contribution in [3.05, 3.63) is 75.8 Å². The summed E-state index contributed by atoms with van der Waals surface area (Å²) in [5.41, 5.74) is 4.67. The second-order valence-electron chi connectivity index (χ2n) is 8.40. The number of fused-ring (bicyclic) bond motifs is 5. The summed E-state index contributed by atoms with van der Waals surface area (Å²) in [4.78, 5) is 0. The lowest BCUT2D eigenvalue weighted by Gasteiger charge is -2.45. The van der Waals surface area contributed by atoms with E-state index in [9.17, 15) is 0 Å². The molecule has 4 heterocycles. The molecule has 0 saturated carbocycles. The van der Waals surface area contributed by atoms with Crippen LogP contribution >= 0.6 is 11.6 Å². The van der Waals surface area contributed by atoms with Crippen LogP contribution in [0.1, 0.15) is 47.3 Å². The fraction of sp³-hybridized carbons (Fsp3) is 0.391. The number of piperidine rings is 1. The molecule has 6 rings (SSSR count). The number of ether oxygens (including phenoxy) is 1. The van der Waals surface area contributed by atoms with Crippen molar-refractivity contribution < 1.29 is 4.74 Å². The van der Waals surface area contributed by atoms with Crippen LogP contribution in [-0.2, 0) is 29.8 Å². The van der Waals surface area contributed by atoms with Crippen LogP contribution in [-0.4, -0.2) is 27.9 Å². The zero-order valence-electron chi connectivity index (χ0n) is 16.7. The van der Waals surface area contributed by atoms with E-state index in [4.69, 9.17) is 16.3 Å². The number of aromatic nitrogens is 3. The van der Waals surface area contributed by atoms with Crippen LogP contribution in [0.3, 0.4) is 0 Å². The Morgan fingerprint density at radius 2 is 1.87 bits per heavy atom. The van der Waals surface area contributed by atoms with Gasteiger partial charge in [-0.15, -0.1) is 10.2 Å². The second-order valence-corrected chi connectivity index (χ2v) is 8.83. The van der Waals surface area contributed by atoms with Gasteiger partial charge in [0.25, 0.3) is 0 Å². The minimum Gasteiger partial charge on any atom is -0.359 e. The number of halogens is 1. The van der Waals surface area contributed by atoms with Crippen molar-refractivity contribution in [2.45, 2.75) is 44.1 Å². The highest BCUT2D eigenvalue weighted by Crippen LogP contribution is 2.46. The summed E-state index contributed by atoms with van der Waals surface area (Å²) in [6, 6.07) is 14.8. The van der Waals surface area contributed by atoms with Gasteiger partial charge in [-0.05, 0) is 60.8 Å². The molecule has 7 heteroatoms. The quantitative estimate of drug-likeness (QED) is 0.630. The summed E-state index contributed by atoms with van der Waals surface area (Å²) in [7, 11) is 0. The van der Waals surface area contributed by atoms with E-state index < -0.39 is 0 Å². The Morgan fingerprint density at radius 3 is 2.77 bits per heavy atom. The standard InChI is InChI=1S/C23H24ClN5O/c24-17-5-6-19-16(11-17)13-26-14-21-27-28-22(29(19)21)20-12-15-3-1-2-4-18(15)23(30-20)7-9-25-10-8-23/h1-6,11,20,25-26H,7-10,12-14H2/t20-/m1/s1. The van der Waals surface area contributed by atoms with E-state index in [0.717, 1.165) is 66.8 Å². The molecule has 2 aromatic carbocycles. The largest absolute Gasteiger partial charge is 0.359 e. The molecular formula is C23H24ClN5O. The Hall–Kier alpha value is -2.25. The Balaban J connectivity index is 1.48. The highest BCUT2D eigenvalue weighted by Gasteiger charge is 2.44. The fourth-order valence-electron chi connectivity index (χ4n) is 5.22. The molecule has 0 amide bonds. The molecule has 1 atom stereocenters. The van der Waals surface area contributed by atoms with Gasteiger partial charge in [-0.2, -0.15) is 0 Å². The predicted molar refractivity (Wildman–Crippen MR) is 115 cm³/mol. The molecule has 154 valence electrons. The molecule has 2 N–H and O–H groups in total. The second kappa shape index (κ2) is 7.17. The molecule has 0 bridgehead atoms. The molecule has 1 saturated heterocycles. The Morgan fingerprint density at radius 1 is 1.00 bits per heavy atom. The lowest BCUT2D eigenvalue weighted by Crippen LogP contribution is -2.45. The molecular weight excluding hydrogens is 398 g/mol. The van der Waals surface area contributed by atoms with E-state index >= 15 is 0 Å². The van der Waals surface area contributed by atoms with E-state index in [2.05, 4.69) is 55.7 Å². The van der Waals surface area contributed by atoms with Crippen molar-refractivity contribution in [1.29, 1.82) is 0 Å². The summed E-state index contributed by atoms with van der Waals surface area (Å²) in [5, 5.41) is 16.8. The summed E-state index contributed by atoms with van der Waals surface area (Å²) in [6.07, 6.45) is 2.60. The predicted octanol–water partition coefficient (Wildman–Crippen LogP) is 3.42. The van der Waals surface area contributed by atoms with Gasteiger partial charge >= 0.3 is 0 Å². The third-order valence-corrected chi connectivity index (χ3v) is 6.85. The number of nitrogens with one attached hydrogen (secondary N) is 2. The van der Waals surface area contributed by atoms with Crippen LogP contribution in [0.25, 0.3) is 5.69 Å². The molecule has 3 aliphatic rings. The van der Waals surface area contributed by atoms with Crippen molar-refractivity contribution in [2.75, 3.05) is 13.1 Å². The van der Waals surface area contributed by atoms with Gasteiger partial charge in [-0.3, -0.25) is 4.57 Å². The first kappa shape index (κ1) is 18.5. The zero-order chi connectivity index (χ0) is 20.1. The third-order valence-electron chi connectivity index (χ3n) is 6.62. The Bertz CT molecular complexity index is 1100. The summed E-state index contributed by atoms with van der Waals surface area (Å²) in [5.74, 6) is 1.79. The Kier molecular flexibility index (Phi) is 4.42. The van der Waals surface area contributed by atoms with E-state index in [1.54, 1.807) is 0 Å². The van der Waals surface area contributed by atoms with E-state index in [1.807, 2.05) is 12.1 Å². The average molecular weight is 422 g/mol. The van der Waals surface area contributed by atoms with Gasteiger partial charge in [0.2, 0.25) is 0 Å². The van der Waals surface area contributed by atoms with Gasteiger partial charge in [0.15, 0.2) is 11.6 Å². The first-order valence-electron chi connectivity index (χ1n) is 10.6. The SMILES string of the molecule is Clc1ccc2c(c1)CNCc1nnc([C@H]3Cc4ccccc4C4(CCNCC4)O3)n1-2. The zero-order valence-corrected chi connectivity index (χ0v) is 17.5. The highest BCUT2D eigenvalue weighted by molar-refractivity contribution is 6.30. The van der Waals surface area contributed by atoms with E-state index in [-0.39, 0.29) is 11.7 Å². The summed E-state index contributed by atoms with van der Waals surface area (Å²) < 4.78 is 9.10. The van der Waals surface area contributed by atoms with Gasteiger partial charge in [-0.1, -0.05) is 35.9 Å². The van der Waals surface area contributed by atoms with Gasteiger partial charge < -0.3 is 15.4 Å². The number of hydrogen-bond acceptors (Lipinski definition) is 5. The maximum Gasteiger partial charge on any atom is 0.167 e.